The zero-order valence-electron chi connectivity index (χ0n) is 11.2. The van der Waals surface area contributed by atoms with Crippen molar-refractivity contribution in [3.05, 3.63) is 30.2 Å². The normalized spacial score (nSPS) is 19.8. The second-order valence-corrected chi connectivity index (χ2v) is 4.92. The van der Waals surface area contributed by atoms with Gasteiger partial charge in [0.2, 0.25) is 11.8 Å². The van der Waals surface area contributed by atoms with Crippen LogP contribution < -0.4 is 4.74 Å². The fourth-order valence-electron chi connectivity index (χ4n) is 2.39. The van der Waals surface area contributed by atoms with Crippen LogP contribution in [0, 0.1) is 0 Å². The van der Waals surface area contributed by atoms with Crippen molar-refractivity contribution in [2.45, 2.75) is 12.3 Å². The summed E-state index contributed by atoms with van der Waals surface area (Å²) in [5.74, 6) is 2.51. The molecule has 1 aliphatic rings. The first kappa shape index (κ1) is 12.2. The van der Waals surface area contributed by atoms with E-state index in [0.29, 0.717) is 11.8 Å². The van der Waals surface area contributed by atoms with E-state index in [1.165, 1.54) is 0 Å². The molecule has 1 aliphatic heterocycles. The fraction of sp³-hybridized carbons (Fsp3) is 0.429. The quantitative estimate of drug-likeness (QED) is 0.845. The molecule has 5 heteroatoms. The Bertz CT molecular complexity index is 550. The zero-order valence-corrected chi connectivity index (χ0v) is 11.2. The van der Waals surface area contributed by atoms with Crippen molar-refractivity contribution >= 4 is 0 Å². The lowest BCUT2D eigenvalue weighted by Gasteiger charge is -2.05. The Morgan fingerprint density at radius 1 is 1.26 bits per heavy atom. The summed E-state index contributed by atoms with van der Waals surface area (Å²) < 4.78 is 10.9. The molecule has 19 heavy (non-hydrogen) atoms. The lowest BCUT2D eigenvalue weighted by Crippen LogP contribution is -2.13. The molecule has 0 spiro atoms. The highest BCUT2D eigenvalue weighted by Gasteiger charge is 2.26. The summed E-state index contributed by atoms with van der Waals surface area (Å²) in [5, 5.41) is 8.31. The van der Waals surface area contributed by atoms with Crippen LogP contribution in [0.1, 0.15) is 18.2 Å². The molecule has 0 radical (unpaired) electrons. The maximum Gasteiger partial charge on any atom is 0.247 e. The zero-order chi connectivity index (χ0) is 13.2. The van der Waals surface area contributed by atoms with Crippen LogP contribution in [-0.2, 0) is 0 Å². The van der Waals surface area contributed by atoms with Gasteiger partial charge in [0.25, 0.3) is 0 Å². The second kappa shape index (κ2) is 5.01. The maximum absolute atomic E-state index is 5.79. The van der Waals surface area contributed by atoms with Crippen molar-refractivity contribution in [3.8, 4) is 17.2 Å². The molecule has 1 aromatic heterocycles. The Balaban J connectivity index is 1.80. The predicted octanol–water partition coefficient (Wildman–Crippen LogP) is 2.16. The number of likely N-dealkylation sites (N-methyl/N-ethyl adjacent to an activating group) is 1. The molecular formula is C14H17N3O2. The summed E-state index contributed by atoms with van der Waals surface area (Å²) in [6.07, 6.45) is 1.08. The lowest BCUT2D eigenvalue weighted by molar-refractivity contribution is 0.394. The van der Waals surface area contributed by atoms with Gasteiger partial charge in [-0.3, -0.25) is 0 Å². The Morgan fingerprint density at radius 2 is 2.05 bits per heavy atom. The van der Waals surface area contributed by atoms with Crippen LogP contribution in [-0.4, -0.2) is 42.3 Å². The van der Waals surface area contributed by atoms with Gasteiger partial charge in [-0.05, 0) is 44.3 Å². The topological polar surface area (TPSA) is 51.4 Å². The van der Waals surface area contributed by atoms with Gasteiger partial charge >= 0.3 is 0 Å². The van der Waals surface area contributed by atoms with E-state index in [-0.39, 0.29) is 0 Å². The summed E-state index contributed by atoms with van der Waals surface area (Å²) in [6.45, 7) is 2.08. The first-order chi connectivity index (χ1) is 9.26. The highest BCUT2D eigenvalue weighted by Crippen LogP contribution is 2.28. The lowest BCUT2D eigenvalue weighted by atomic mass is 10.1. The van der Waals surface area contributed by atoms with Crippen molar-refractivity contribution < 1.29 is 9.15 Å². The highest BCUT2D eigenvalue weighted by molar-refractivity contribution is 5.53. The number of likely N-dealkylation sites (tertiary alicyclic amines) is 1. The van der Waals surface area contributed by atoms with Crippen molar-refractivity contribution in [2.24, 2.45) is 0 Å². The molecule has 1 atom stereocenters. The number of benzene rings is 1. The Labute approximate surface area is 112 Å². The van der Waals surface area contributed by atoms with Gasteiger partial charge in [-0.2, -0.15) is 0 Å². The van der Waals surface area contributed by atoms with Crippen molar-refractivity contribution in [3.63, 3.8) is 0 Å². The molecule has 1 aromatic carbocycles. The number of ether oxygens (including phenoxy) is 1. The summed E-state index contributed by atoms with van der Waals surface area (Å²) in [7, 11) is 3.76. The van der Waals surface area contributed by atoms with Gasteiger partial charge in [-0.1, -0.05) is 0 Å². The molecule has 3 rings (SSSR count). The number of hydrogen-bond donors (Lipinski definition) is 0. The first-order valence-electron chi connectivity index (χ1n) is 6.42. The maximum atomic E-state index is 5.79. The smallest absolute Gasteiger partial charge is 0.247 e. The molecule has 2 heterocycles. The summed E-state index contributed by atoms with van der Waals surface area (Å²) in [4.78, 5) is 2.28. The molecule has 0 saturated carbocycles. The standard InChI is InChI=1S/C14H17N3O2/c1-17-8-7-11(9-17)14-16-15-13(19-14)10-3-5-12(18-2)6-4-10/h3-6,11H,7-9H2,1-2H3/t11-/m0/s1. The number of nitrogens with zero attached hydrogens (tertiary/aromatic N) is 3. The van der Waals surface area contributed by atoms with E-state index in [4.69, 9.17) is 9.15 Å². The van der Waals surface area contributed by atoms with Crippen molar-refractivity contribution in [1.82, 2.24) is 15.1 Å². The Hall–Kier alpha value is -1.88. The first-order valence-corrected chi connectivity index (χ1v) is 6.42. The van der Waals surface area contributed by atoms with Gasteiger partial charge in [0, 0.05) is 12.1 Å². The van der Waals surface area contributed by atoms with Crippen LogP contribution in [0.3, 0.4) is 0 Å². The average molecular weight is 259 g/mol. The molecule has 1 saturated heterocycles. The van der Waals surface area contributed by atoms with Crippen LogP contribution in [0.4, 0.5) is 0 Å². The third-order valence-electron chi connectivity index (χ3n) is 3.52. The summed E-state index contributed by atoms with van der Waals surface area (Å²) >= 11 is 0. The summed E-state index contributed by atoms with van der Waals surface area (Å²) in [6, 6.07) is 7.64. The Kier molecular flexibility index (Phi) is 3.21. The second-order valence-electron chi connectivity index (χ2n) is 4.92. The van der Waals surface area contributed by atoms with E-state index < -0.39 is 0 Å². The SMILES string of the molecule is COc1ccc(-c2nnc([C@H]3CCN(C)C3)o2)cc1. The van der Waals surface area contributed by atoms with E-state index in [2.05, 4.69) is 22.1 Å². The van der Waals surface area contributed by atoms with Crippen LogP contribution in [0.2, 0.25) is 0 Å². The van der Waals surface area contributed by atoms with Gasteiger partial charge in [0.05, 0.1) is 13.0 Å². The molecule has 0 aliphatic carbocycles. The molecule has 0 bridgehead atoms. The van der Waals surface area contributed by atoms with Gasteiger partial charge in [0.15, 0.2) is 0 Å². The minimum atomic E-state index is 0.365. The monoisotopic (exact) mass is 259 g/mol. The molecule has 1 fully saturated rings. The van der Waals surface area contributed by atoms with Gasteiger partial charge in [-0.15, -0.1) is 10.2 Å². The molecule has 2 aromatic rings. The largest absolute Gasteiger partial charge is 0.497 e. The molecule has 5 nitrogen and oxygen atoms in total. The molecule has 0 amide bonds. The number of hydrogen-bond acceptors (Lipinski definition) is 5. The van der Waals surface area contributed by atoms with Gasteiger partial charge in [-0.25, -0.2) is 0 Å². The van der Waals surface area contributed by atoms with E-state index in [9.17, 15) is 0 Å². The van der Waals surface area contributed by atoms with Gasteiger partial charge in [0.1, 0.15) is 5.75 Å². The van der Waals surface area contributed by atoms with Crippen LogP contribution in [0.5, 0.6) is 5.75 Å². The van der Waals surface area contributed by atoms with E-state index in [0.717, 1.165) is 36.7 Å². The third kappa shape index (κ3) is 2.46. The van der Waals surface area contributed by atoms with Crippen molar-refractivity contribution in [2.75, 3.05) is 27.2 Å². The van der Waals surface area contributed by atoms with Crippen LogP contribution >= 0.6 is 0 Å². The molecule has 0 N–H and O–H groups in total. The minimum absolute atomic E-state index is 0.365. The number of rotatable bonds is 3. The van der Waals surface area contributed by atoms with E-state index >= 15 is 0 Å². The van der Waals surface area contributed by atoms with E-state index in [1.54, 1.807) is 7.11 Å². The van der Waals surface area contributed by atoms with Crippen LogP contribution in [0.15, 0.2) is 28.7 Å². The number of aromatic nitrogens is 2. The van der Waals surface area contributed by atoms with E-state index in [1.807, 2.05) is 24.3 Å². The fourth-order valence-corrected chi connectivity index (χ4v) is 2.39. The number of methoxy groups -OCH3 is 1. The Morgan fingerprint density at radius 3 is 2.68 bits per heavy atom. The van der Waals surface area contributed by atoms with Crippen LogP contribution in [0.25, 0.3) is 11.5 Å². The highest BCUT2D eigenvalue weighted by atomic mass is 16.5. The average Bonchev–Trinajstić information content (AvgIpc) is 3.07. The summed E-state index contributed by atoms with van der Waals surface area (Å²) in [5.41, 5.74) is 0.922. The minimum Gasteiger partial charge on any atom is -0.497 e. The predicted molar refractivity (Wildman–Crippen MR) is 71.1 cm³/mol. The van der Waals surface area contributed by atoms with Gasteiger partial charge < -0.3 is 14.1 Å². The molecule has 100 valence electrons. The molecular weight excluding hydrogens is 242 g/mol. The third-order valence-corrected chi connectivity index (χ3v) is 3.52. The van der Waals surface area contributed by atoms with Crippen molar-refractivity contribution in [1.29, 1.82) is 0 Å². The molecule has 0 unspecified atom stereocenters.